The molecule has 1 saturated heterocycles. The first kappa shape index (κ1) is 24.0. The number of aromatic amines is 1. The summed E-state index contributed by atoms with van der Waals surface area (Å²) in [6, 6.07) is 6.64. The summed E-state index contributed by atoms with van der Waals surface area (Å²) in [5.41, 5.74) is 0.126. The van der Waals surface area contributed by atoms with Crippen LogP contribution in [0.25, 0.3) is 11.0 Å². The van der Waals surface area contributed by atoms with Crippen molar-refractivity contribution in [3.05, 3.63) is 58.6 Å². The summed E-state index contributed by atoms with van der Waals surface area (Å²) < 4.78 is 19.7. The molecule has 3 aromatic rings. The Balaban J connectivity index is 1.58. The molecule has 0 aliphatic carbocycles. The number of carbonyl (C=O) groups excluding carboxylic acids is 2. The van der Waals surface area contributed by atoms with E-state index in [2.05, 4.69) is 15.3 Å². The highest BCUT2D eigenvalue weighted by Crippen LogP contribution is 2.24. The van der Waals surface area contributed by atoms with Crippen LogP contribution in [0.1, 0.15) is 35.8 Å². The topological polar surface area (TPSA) is 108 Å². The number of halogens is 2. The maximum Gasteiger partial charge on any atom is 0.268 e. The average molecular weight is 489 g/mol. The number of piperidine rings is 1. The lowest BCUT2D eigenvalue weighted by molar-refractivity contribution is -0.137. The van der Waals surface area contributed by atoms with Crippen molar-refractivity contribution in [2.24, 2.45) is 0 Å². The monoisotopic (exact) mass is 488 g/mol. The molecule has 8 nitrogen and oxygen atoms in total. The maximum atomic E-state index is 14.7. The number of nitrogens with one attached hydrogen (secondary N) is 2. The Morgan fingerprint density at radius 2 is 2.06 bits per heavy atom. The molecule has 2 aromatic heterocycles. The molecule has 1 aliphatic heterocycles. The van der Waals surface area contributed by atoms with Crippen LogP contribution in [0, 0.1) is 5.82 Å². The zero-order valence-electron chi connectivity index (χ0n) is 18.9. The van der Waals surface area contributed by atoms with E-state index < -0.39 is 23.4 Å². The fourth-order valence-corrected chi connectivity index (χ4v) is 4.18. The van der Waals surface area contributed by atoms with Crippen molar-refractivity contribution in [3.8, 4) is 5.75 Å². The molecular weight excluding hydrogens is 463 g/mol. The Hall–Kier alpha value is -3.17. The van der Waals surface area contributed by atoms with Gasteiger partial charge >= 0.3 is 0 Å². The van der Waals surface area contributed by atoms with Gasteiger partial charge in [0.05, 0.1) is 17.7 Å². The molecule has 1 atom stereocenters. The highest BCUT2D eigenvalue weighted by Gasteiger charge is 2.34. The van der Waals surface area contributed by atoms with E-state index in [0.717, 1.165) is 0 Å². The Morgan fingerprint density at radius 1 is 1.32 bits per heavy atom. The summed E-state index contributed by atoms with van der Waals surface area (Å²) in [6.07, 6.45) is 2.26. The van der Waals surface area contributed by atoms with Gasteiger partial charge < -0.3 is 25.0 Å². The highest BCUT2D eigenvalue weighted by atomic mass is 35.5. The molecule has 0 bridgehead atoms. The molecule has 34 heavy (non-hydrogen) atoms. The summed E-state index contributed by atoms with van der Waals surface area (Å²) in [6.45, 7) is 2.42. The van der Waals surface area contributed by atoms with Crippen LogP contribution in [0.2, 0.25) is 5.02 Å². The summed E-state index contributed by atoms with van der Waals surface area (Å²) >= 11 is 5.98. The van der Waals surface area contributed by atoms with Gasteiger partial charge in [0.15, 0.2) is 0 Å². The molecule has 10 heteroatoms. The van der Waals surface area contributed by atoms with Gasteiger partial charge in [-0.1, -0.05) is 17.7 Å². The number of aromatic nitrogens is 2. The van der Waals surface area contributed by atoms with E-state index in [1.165, 1.54) is 25.4 Å². The number of hydrogen-bond donors (Lipinski definition) is 3. The second-order valence-electron chi connectivity index (χ2n) is 8.78. The summed E-state index contributed by atoms with van der Waals surface area (Å²) in [5.74, 6) is -1.03. The van der Waals surface area contributed by atoms with Crippen LogP contribution in [0.5, 0.6) is 5.75 Å². The second kappa shape index (κ2) is 9.60. The molecule has 3 N–H and O–H groups in total. The normalized spacial score (nSPS) is 16.3. The van der Waals surface area contributed by atoms with Crippen LogP contribution >= 0.6 is 11.6 Å². The lowest BCUT2D eigenvalue weighted by Crippen LogP contribution is -2.53. The molecule has 180 valence electrons. The SMILES string of the molecule is COc1ccc(CC(NC(=O)c2cc3cc(Cl)cnc3[nH]2)C(=O)N2CCC(C)(O)CC2)c(F)c1. The second-order valence-corrected chi connectivity index (χ2v) is 9.22. The Bertz CT molecular complexity index is 1220. The largest absolute Gasteiger partial charge is 0.497 e. The lowest BCUT2D eigenvalue weighted by Gasteiger charge is -2.37. The van der Waals surface area contributed by atoms with Crippen LogP contribution in [-0.4, -0.2) is 63.6 Å². The molecule has 0 spiro atoms. The zero-order chi connectivity index (χ0) is 24.5. The molecular formula is C24H26ClFN4O4. The minimum atomic E-state index is -1.01. The van der Waals surface area contributed by atoms with Crippen molar-refractivity contribution in [1.29, 1.82) is 0 Å². The quantitative estimate of drug-likeness (QED) is 0.494. The van der Waals surface area contributed by atoms with Gasteiger partial charge in [0.25, 0.3) is 5.91 Å². The van der Waals surface area contributed by atoms with Crippen LogP contribution in [0.4, 0.5) is 4.39 Å². The van der Waals surface area contributed by atoms with E-state index in [1.807, 2.05) is 0 Å². The summed E-state index contributed by atoms with van der Waals surface area (Å²) in [7, 11) is 1.44. The van der Waals surface area contributed by atoms with Gasteiger partial charge in [-0.2, -0.15) is 0 Å². The fourth-order valence-electron chi connectivity index (χ4n) is 4.02. The number of fused-ring (bicyclic) bond motifs is 1. The Labute approximate surface area is 201 Å². The molecule has 1 fully saturated rings. The van der Waals surface area contributed by atoms with Crippen molar-refractivity contribution in [1.82, 2.24) is 20.2 Å². The minimum absolute atomic E-state index is 0.0440. The molecule has 1 unspecified atom stereocenters. The predicted octanol–water partition coefficient (Wildman–Crippen LogP) is 3.08. The summed E-state index contributed by atoms with van der Waals surface area (Å²) in [5, 5.41) is 14.1. The molecule has 4 rings (SSSR count). The number of ether oxygens (including phenoxy) is 1. The molecule has 3 heterocycles. The van der Waals surface area contributed by atoms with Gasteiger partial charge in [0, 0.05) is 37.2 Å². The number of pyridine rings is 1. The molecule has 1 aliphatic rings. The lowest BCUT2D eigenvalue weighted by atomic mass is 9.93. The van der Waals surface area contributed by atoms with Crippen molar-refractivity contribution in [2.45, 2.75) is 37.8 Å². The van der Waals surface area contributed by atoms with Crippen LogP contribution < -0.4 is 10.1 Å². The highest BCUT2D eigenvalue weighted by molar-refractivity contribution is 6.31. The number of nitrogens with zero attached hydrogens (tertiary/aromatic N) is 2. The first-order chi connectivity index (χ1) is 16.1. The number of amides is 2. The Kier molecular flexibility index (Phi) is 6.77. The number of aliphatic hydroxyl groups is 1. The van der Waals surface area contributed by atoms with E-state index in [0.29, 0.717) is 47.7 Å². The number of hydrogen-bond acceptors (Lipinski definition) is 5. The maximum absolute atomic E-state index is 14.7. The zero-order valence-corrected chi connectivity index (χ0v) is 19.7. The van der Waals surface area contributed by atoms with Crippen molar-refractivity contribution < 1.29 is 23.8 Å². The Morgan fingerprint density at radius 3 is 2.74 bits per heavy atom. The van der Waals surface area contributed by atoms with E-state index >= 15 is 0 Å². The van der Waals surface area contributed by atoms with Crippen molar-refractivity contribution in [2.75, 3.05) is 20.2 Å². The first-order valence-electron chi connectivity index (χ1n) is 10.9. The predicted molar refractivity (Wildman–Crippen MR) is 125 cm³/mol. The standard InChI is InChI=1S/C24H26ClFN4O4/c1-24(33)5-7-30(8-6-24)23(32)20(10-14-3-4-17(34-2)12-18(14)26)29-22(31)19-11-15-9-16(25)13-27-21(15)28-19/h3-4,9,11-13,20,33H,5-8,10H2,1-2H3,(H,27,28)(H,29,31). The van der Waals surface area contributed by atoms with Gasteiger partial charge in [-0.25, -0.2) is 9.37 Å². The van der Waals surface area contributed by atoms with Crippen LogP contribution in [0.3, 0.4) is 0 Å². The smallest absolute Gasteiger partial charge is 0.268 e. The minimum Gasteiger partial charge on any atom is -0.497 e. The van der Waals surface area contributed by atoms with Gasteiger partial charge in [-0.05, 0) is 43.5 Å². The van der Waals surface area contributed by atoms with Crippen LogP contribution in [-0.2, 0) is 11.2 Å². The van der Waals surface area contributed by atoms with Gasteiger partial charge in [-0.15, -0.1) is 0 Å². The third kappa shape index (κ3) is 5.31. The number of benzene rings is 1. The van der Waals surface area contributed by atoms with Gasteiger partial charge in [-0.3, -0.25) is 9.59 Å². The number of carbonyl (C=O) groups is 2. The summed E-state index contributed by atoms with van der Waals surface area (Å²) in [4.78, 5) is 35.1. The number of likely N-dealkylation sites (tertiary alicyclic amines) is 1. The van der Waals surface area contributed by atoms with Crippen LogP contribution in [0.15, 0.2) is 36.5 Å². The third-order valence-electron chi connectivity index (χ3n) is 6.12. The van der Waals surface area contributed by atoms with Gasteiger partial charge in [0.1, 0.15) is 28.9 Å². The van der Waals surface area contributed by atoms with Gasteiger partial charge in [0.2, 0.25) is 5.91 Å². The first-order valence-corrected chi connectivity index (χ1v) is 11.3. The molecule has 2 amide bonds. The number of rotatable bonds is 6. The number of methoxy groups -OCH3 is 1. The fraction of sp³-hybridized carbons (Fsp3) is 0.375. The van der Waals surface area contributed by atoms with Crippen molar-refractivity contribution in [3.63, 3.8) is 0 Å². The van der Waals surface area contributed by atoms with E-state index in [-0.39, 0.29) is 23.6 Å². The molecule has 0 saturated carbocycles. The molecule has 0 radical (unpaired) electrons. The average Bonchev–Trinajstić information content (AvgIpc) is 3.22. The number of H-pyrrole nitrogens is 1. The van der Waals surface area contributed by atoms with E-state index in [4.69, 9.17) is 16.3 Å². The van der Waals surface area contributed by atoms with Crippen molar-refractivity contribution >= 4 is 34.4 Å². The third-order valence-corrected chi connectivity index (χ3v) is 6.33. The van der Waals surface area contributed by atoms with E-state index in [1.54, 1.807) is 30.0 Å². The van der Waals surface area contributed by atoms with E-state index in [9.17, 15) is 19.1 Å². The molecule has 1 aromatic carbocycles.